The molecule has 0 unspecified atom stereocenters. The minimum Gasteiger partial charge on any atom is -0.380 e. The molecule has 0 aliphatic heterocycles. The van der Waals surface area contributed by atoms with E-state index < -0.39 is 0 Å². The van der Waals surface area contributed by atoms with Crippen LogP contribution in [-0.4, -0.2) is 51.8 Å². The molecule has 0 aromatic carbocycles. The van der Waals surface area contributed by atoms with Crippen LogP contribution in [0, 0.1) is 0 Å². The van der Waals surface area contributed by atoms with Crippen LogP contribution in [-0.2, 0) is 4.74 Å². The van der Waals surface area contributed by atoms with Crippen molar-refractivity contribution in [2.75, 3.05) is 46.9 Å². The third kappa shape index (κ3) is 9.80. The third-order valence-corrected chi connectivity index (χ3v) is 1.93. The van der Waals surface area contributed by atoms with E-state index in [1.807, 2.05) is 7.05 Å². The lowest BCUT2D eigenvalue weighted by atomic mass is 10.4. The molecule has 0 atom stereocenters. The molecule has 0 saturated heterocycles. The normalized spacial score (nSPS) is 11.1. The molecule has 0 amide bonds. The van der Waals surface area contributed by atoms with E-state index in [-0.39, 0.29) is 0 Å². The predicted octanol–water partition coefficient (Wildman–Crippen LogP) is 0.954. The Labute approximate surface area is 82.4 Å². The molecule has 13 heavy (non-hydrogen) atoms. The SMILES string of the molecule is CCCOCCN(C)CCCNC. The largest absolute Gasteiger partial charge is 0.380 e. The number of rotatable bonds is 9. The fourth-order valence-corrected chi connectivity index (χ4v) is 1.10. The maximum absolute atomic E-state index is 5.40. The van der Waals surface area contributed by atoms with Gasteiger partial charge in [-0.25, -0.2) is 0 Å². The first-order chi connectivity index (χ1) is 6.31. The highest BCUT2D eigenvalue weighted by atomic mass is 16.5. The van der Waals surface area contributed by atoms with Crippen LogP contribution in [0.5, 0.6) is 0 Å². The van der Waals surface area contributed by atoms with Crippen molar-refractivity contribution in [2.45, 2.75) is 19.8 Å². The Bertz CT molecular complexity index is 98.9. The second-order valence-electron chi connectivity index (χ2n) is 3.37. The lowest BCUT2D eigenvalue weighted by Gasteiger charge is -2.16. The maximum atomic E-state index is 5.40. The van der Waals surface area contributed by atoms with E-state index in [1.165, 1.54) is 6.42 Å². The zero-order chi connectivity index (χ0) is 9.94. The van der Waals surface area contributed by atoms with Gasteiger partial charge in [0, 0.05) is 13.2 Å². The van der Waals surface area contributed by atoms with E-state index in [2.05, 4.69) is 24.2 Å². The molecule has 3 heteroatoms. The highest BCUT2D eigenvalue weighted by Gasteiger charge is 1.96. The van der Waals surface area contributed by atoms with Gasteiger partial charge in [0.05, 0.1) is 6.61 Å². The van der Waals surface area contributed by atoms with Crippen molar-refractivity contribution < 1.29 is 4.74 Å². The number of hydrogen-bond acceptors (Lipinski definition) is 3. The van der Waals surface area contributed by atoms with Gasteiger partial charge in [-0.3, -0.25) is 0 Å². The molecule has 0 rings (SSSR count). The van der Waals surface area contributed by atoms with Gasteiger partial charge in [-0.1, -0.05) is 6.92 Å². The Kier molecular flexibility index (Phi) is 9.87. The van der Waals surface area contributed by atoms with E-state index >= 15 is 0 Å². The van der Waals surface area contributed by atoms with Crippen molar-refractivity contribution in [1.29, 1.82) is 0 Å². The van der Waals surface area contributed by atoms with Crippen LogP contribution >= 0.6 is 0 Å². The van der Waals surface area contributed by atoms with Gasteiger partial charge in [-0.15, -0.1) is 0 Å². The van der Waals surface area contributed by atoms with Gasteiger partial charge in [0.25, 0.3) is 0 Å². The zero-order valence-electron chi connectivity index (χ0n) is 9.31. The molecule has 0 spiro atoms. The van der Waals surface area contributed by atoms with Gasteiger partial charge in [0.15, 0.2) is 0 Å². The first-order valence-electron chi connectivity index (χ1n) is 5.22. The van der Waals surface area contributed by atoms with Crippen molar-refractivity contribution in [3.63, 3.8) is 0 Å². The standard InChI is InChI=1S/C10H24N2O/c1-4-9-13-10-8-12(3)7-5-6-11-2/h11H,4-10H2,1-3H3. The van der Waals surface area contributed by atoms with E-state index in [0.717, 1.165) is 39.3 Å². The van der Waals surface area contributed by atoms with E-state index in [4.69, 9.17) is 4.74 Å². The molecule has 0 bridgehead atoms. The van der Waals surface area contributed by atoms with Crippen LogP contribution in [0.3, 0.4) is 0 Å². The fraction of sp³-hybridized carbons (Fsp3) is 1.00. The molecule has 80 valence electrons. The summed E-state index contributed by atoms with van der Waals surface area (Å²) >= 11 is 0. The summed E-state index contributed by atoms with van der Waals surface area (Å²) in [5.41, 5.74) is 0. The highest BCUT2D eigenvalue weighted by molar-refractivity contribution is 4.51. The van der Waals surface area contributed by atoms with Crippen molar-refractivity contribution in [3.05, 3.63) is 0 Å². The summed E-state index contributed by atoms with van der Waals surface area (Å²) in [4.78, 5) is 2.31. The predicted molar refractivity (Wildman–Crippen MR) is 57.2 cm³/mol. The third-order valence-electron chi connectivity index (χ3n) is 1.93. The molecule has 0 heterocycles. The monoisotopic (exact) mass is 188 g/mol. The Morgan fingerprint density at radius 3 is 2.62 bits per heavy atom. The van der Waals surface area contributed by atoms with Gasteiger partial charge >= 0.3 is 0 Å². The summed E-state index contributed by atoms with van der Waals surface area (Å²) in [5.74, 6) is 0. The topological polar surface area (TPSA) is 24.5 Å². The molecular weight excluding hydrogens is 164 g/mol. The molecule has 0 radical (unpaired) electrons. The number of likely N-dealkylation sites (N-methyl/N-ethyl adjacent to an activating group) is 1. The van der Waals surface area contributed by atoms with Crippen LogP contribution in [0.1, 0.15) is 19.8 Å². The molecule has 0 saturated carbocycles. The fourth-order valence-electron chi connectivity index (χ4n) is 1.10. The first kappa shape index (κ1) is 12.9. The molecule has 0 fully saturated rings. The van der Waals surface area contributed by atoms with E-state index in [0.29, 0.717) is 0 Å². The molecule has 1 N–H and O–H groups in total. The zero-order valence-corrected chi connectivity index (χ0v) is 9.31. The van der Waals surface area contributed by atoms with Crippen LogP contribution in [0.2, 0.25) is 0 Å². The Morgan fingerprint density at radius 2 is 2.00 bits per heavy atom. The molecule has 0 aromatic rings. The van der Waals surface area contributed by atoms with E-state index in [9.17, 15) is 0 Å². The minimum atomic E-state index is 0.865. The summed E-state index contributed by atoms with van der Waals surface area (Å²) < 4.78 is 5.40. The van der Waals surface area contributed by atoms with Gasteiger partial charge in [0.1, 0.15) is 0 Å². The quantitative estimate of drug-likeness (QED) is 0.545. The van der Waals surface area contributed by atoms with Crippen LogP contribution in [0.25, 0.3) is 0 Å². The first-order valence-corrected chi connectivity index (χ1v) is 5.22. The van der Waals surface area contributed by atoms with Gasteiger partial charge in [-0.05, 0) is 40.0 Å². The second kappa shape index (κ2) is 9.96. The average Bonchev–Trinajstić information content (AvgIpc) is 2.13. The molecule has 0 aliphatic rings. The van der Waals surface area contributed by atoms with Gasteiger partial charge in [-0.2, -0.15) is 0 Å². The molecular formula is C10H24N2O. The van der Waals surface area contributed by atoms with Crippen LogP contribution < -0.4 is 5.32 Å². The summed E-state index contributed by atoms with van der Waals surface area (Å²) in [7, 11) is 4.13. The Hall–Kier alpha value is -0.120. The summed E-state index contributed by atoms with van der Waals surface area (Å²) in [6.45, 7) is 7.19. The number of nitrogens with one attached hydrogen (secondary N) is 1. The maximum Gasteiger partial charge on any atom is 0.0593 e. The Balaban J connectivity index is 3.05. The van der Waals surface area contributed by atoms with Crippen molar-refractivity contribution in [3.8, 4) is 0 Å². The molecule has 0 aromatic heterocycles. The van der Waals surface area contributed by atoms with Crippen molar-refractivity contribution >= 4 is 0 Å². The summed E-state index contributed by atoms with van der Waals surface area (Å²) in [6, 6.07) is 0. The minimum absolute atomic E-state index is 0.865. The van der Waals surface area contributed by atoms with Crippen LogP contribution in [0.15, 0.2) is 0 Å². The summed E-state index contributed by atoms with van der Waals surface area (Å²) in [6.07, 6.45) is 2.32. The number of hydrogen-bond donors (Lipinski definition) is 1. The van der Waals surface area contributed by atoms with E-state index in [1.54, 1.807) is 0 Å². The molecule has 0 aliphatic carbocycles. The average molecular weight is 188 g/mol. The summed E-state index contributed by atoms with van der Waals surface area (Å²) in [5, 5.41) is 3.14. The second-order valence-corrected chi connectivity index (χ2v) is 3.37. The van der Waals surface area contributed by atoms with Crippen LogP contribution in [0.4, 0.5) is 0 Å². The Morgan fingerprint density at radius 1 is 1.23 bits per heavy atom. The smallest absolute Gasteiger partial charge is 0.0593 e. The van der Waals surface area contributed by atoms with Gasteiger partial charge in [0.2, 0.25) is 0 Å². The lowest BCUT2D eigenvalue weighted by Crippen LogP contribution is -2.26. The number of ether oxygens (including phenoxy) is 1. The lowest BCUT2D eigenvalue weighted by molar-refractivity contribution is 0.112. The van der Waals surface area contributed by atoms with Crippen molar-refractivity contribution in [2.24, 2.45) is 0 Å². The van der Waals surface area contributed by atoms with Crippen molar-refractivity contribution in [1.82, 2.24) is 10.2 Å². The number of nitrogens with zero attached hydrogens (tertiary/aromatic N) is 1. The highest BCUT2D eigenvalue weighted by Crippen LogP contribution is 1.87. The molecule has 3 nitrogen and oxygen atoms in total. The van der Waals surface area contributed by atoms with Gasteiger partial charge < -0.3 is 15.0 Å².